The van der Waals surface area contributed by atoms with Crippen molar-refractivity contribution in [2.24, 2.45) is 0 Å². The van der Waals surface area contributed by atoms with Crippen LogP contribution in [0.5, 0.6) is 0 Å². The third-order valence-corrected chi connectivity index (χ3v) is 7.62. The summed E-state index contributed by atoms with van der Waals surface area (Å²) in [5.41, 5.74) is 2.26. The van der Waals surface area contributed by atoms with Gasteiger partial charge in [-0.1, -0.05) is 47.7 Å². The highest BCUT2D eigenvalue weighted by molar-refractivity contribution is 7.89. The predicted molar refractivity (Wildman–Crippen MR) is 143 cm³/mol. The summed E-state index contributed by atoms with van der Waals surface area (Å²) in [7, 11) is 0.118. The van der Waals surface area contributed by atoms with Crippen LogP contribution in [-0.2, 0) is 22.9 Å². The van der Waals surface area contributed by atoms with E-state index in [0.29, 0.717) is 30.1 Å². The highest BCUT2D eigenvalue weighted by Gasteiger charge is 2.18. The molecule has 37 heavy (non-hydrogen) atoms. The normalized spacial score (nSPS) is 12.9. The van der Waals surface area contributed by atoms with Gasteiger partial charge in [-0.25, -0.2) is 22.8 Å². The number of aromatic nitrogens is 5. The third-order valence-electron chi connectivity index (χ3n) is 6.16. The summed E-state index contributed by atoms with van der Waals surface area (Å²) in [5, 5.41) is 8.27. The van der Waals surface area contributed by atoms with Crippen molar-refractivity contribution in [2.45, 2.75) is 43.5 Å². The first kappa shape index (κ1) is 26.6. The van der Waals surface area contributed by atoms with Gasteiger partial charge in [0.05, 0.1) is 10.9 Å². The molecule has 0 spiro atoms. The van der Waals surface area contributed by atoms with Gasteiger partial charge in [-0.05, 0) is 63.5 Å². The zero-order chi connectivity index (χ0) is 26.4. The van der Waals surface area contributed by atoms with Gasteiger partial charge in [0.15, 0.2) is 11.2 Å². The molecule has 2 aromatic carbocycles. The Kier molecular flexibility index (Phi) is 8.47. The van der Waals surface area contributed by atoms with Crippen LogP contribution in [0, 0.1) is 0 Å². The Bertz CT molecular complexity index is 1500. The number of aromatic amines is 1. The van der Waals surface area contributed by atoms with E-state index < -0.39 is 10.0 Å². The number of sulfonamides is 1. The number of benzene rings is 2. The molecule has 0 bridgehead atoms. The number of H-pyrrole nitrogens is 1. The Labute approximate surface area is 216 Å². The quantitative estimate of drug-likeness (QED) is 0.292. The number of hydrogen-bond donors (Lipinski definition) is 2. The Morgan fingerprint density at radius 3 is 2.59 bits per heavy atom. The summed E-state index contributed by atoms with van der Waals surface area (Å²) in [4.78, 5) is 22.2. The maximum absolute atomic E-state index is 12.7. The van der Waals surface area contributed by atoms with E-state index >= 15 is 0 Å². The summed E-state index contributed by atoms with van der Waals surface area (Å²) in [6.45, 7) is 2.95. The number of nitrogens with one attached hydrogen (secondary N) is 2. The van der Waals surface area contributed by atoms with Crippen LogP contribution in [-0.4, -0.2) is 65.5 Å². The Balaban J connectivity index is 1.49. The van der Waals surface area contributed by atoms with Crippen molar-refractivity contribution in [1.29, 1.82) is 0 Å². The molecule has 0 radical (unpaired) electrons. The molecular weight excluding hydrogens is 490 g/mol. The van der Waals surface area contributed by atoms with Gasteiger partial charge in [0.2, 0.25) is 10.0 Å². The molecule has 0 fully saturated rings. The average Bonchev–Trinajstić information content (AvgIpc) is 3.29. The molecular formula is C26H33N7O3S. The van der Waals surface area contributed by atoms with E-state index in [1.54, 1.807) is 22.9 Å². The van der Waals surface area contributed by atoms with Gasteiger partial charge < -0.3 is 9.88 Å². The number of fused-ring (bicyclic) bond motifs is 1. The second-order valence-corrected chi connectivity index (χ2v) is 11.2. The molecule has 4 aromatic rings. The monoisotopic (exact) mass is 523 g/mol. The van der Waals surface area contributed by atoms with E-state index in [1.165, 1.54) is 5.56 Å². The number of nitrogens with zero attached hydrogens (tertiary/aromatic N) is 5. The van der Waals surface area contributed by atoms with Crippen LogP contribution in [0.15, 0.2) is 64.3 Å². The number of aryl methyl sites for hydroxylation is 1. The summed E-state index contributed by atoms with van der Waals surface area (Å²) in [6, 6.07) is 17.0. The molecule has 0 saturated carbocycles. The smallest absolute Gasteiger partial charge is 0.281 e. The van der Waals surface area contributed by atoms with Gasteiger partial charge in [-0.3, -0.25) is 4.79 Å². The van der Waals surface area contributed by atoms with Crippen LogP contribution in [0.1, 0.15) is 42.8 Å². The van der Waals surface area contributed by atoms with Crippen molar-refractivity contribution < 1.29 is 8.42 Å². The Hall–Kier alpha value is -3.41. The van der Waals surface area contributed by atoms with Crippen molar-refractivity contribution in [3.05, 3.63) is 81.9 Å². The molecule has 2 N–H and O–H groups in total. The lowest BCUT2D eigenvalue weighted by atomic mass is 10.1. The minimum absolute atomic E-state index is 0.0116. The lowest BCUT2D eigenvalue weighted by Gasteiger charge is -2.12. The maximum Gasteiger partial charge on any atom is 0.281 e. The average molecular weight is 524 g/mol. The molecule has 10 nitrogen and oxygen atoms in total. The predicted octanol–water partition coefficient (Wildman–Crippen LogP) is 2.53. The number of rotatable bonds is 12. The number of hydrogen-bond acceptors (Lipinski definition) is 7. The molecule has 196 valence electrons. The Morgan fingerprint density at radius 1 is 1.08 bits per heavy atom. The van der Waals surface area contributed by atoms with Crippen LogP contribution >= 0.6 is 0 Å². The Morgan fingerprint density at radius 2 is 1.84 bits per heavy atom. The van der Waals surface area contributed by atoms with Crippen LogP contribution in [0.25, 0.3) is 11.2 Å². The fraction of sp³-hybridized carbons (Fsp3) is 0.385. The summed E-state index contributed by atoms with van der Waals surface area (Å²) in [5.74, 6) is 0.424. The van der Waals surface area contributed by atoms with E-state index in [9.17, 15) is 13.2 Å². The lowest BCUT2D eigenvalue weighted by Crippen LogP contribution is -2.31. The van der Waals surface area contributed by atoms with E-state index in [4.69, 9.17) is 0 Å². The second kappa shape index (κ2) is 11.8. The van der Waals surface area contributed by atoms with Gasteiger partial charge in [0.25, 0.3) is 5.56 Å². The first-order valence-electron chi connectivity index (χ1n) is 12.3. The molecule has 0 aliphatic heterocycles. The molecule has 2 heterocycles. The highest BCUT2D eigenvalue weighted by atomic mass is 32.2. The highest BCUT2D eigenvalue weighted by Crippen LogP contribution is 2.19. The topological polar surface area (TPSA) is 126 Å². The van der Waals surface area contributed by atoms with E-state index in [0.717, 1.165) is 19.3 Å². The zero-order valence-electron chi connectivity index (χ0n) is 21.4. The molecule has 4 rings (SSSR count). The van der Waals surface area contributed by atoms with Crippen molar-refractivity contribution >= 4 is 21.2 Å². The summed E-state index contributed by atoms with van der Waals surface area (Å²) < 4.78 is 29.7. The van der Waals surface area contributed by atoms with Gasteiger partial charge in [-0.2, -0.15) is 0 Å². The fourth-order valence-corrected chi connectivity index (χ4v) is 5.23. The first-order valence-corrected chi connectivity index (χ1v) is 13.8. The van der Waals surface area contributed by atoms with Gasteiger partial charge in [0.1, 0.15) is 5.82 Å². The molecule has 2 aromatic heterocycles. The van der Waals surface area contributed by atoms with Crippen molar-refractivity contribution in [2.75, 3.05) is 27.2 Å². The lowest BCUT2D eigenvalue weighted by molar-refractivity contribution is 0.412. The molecule has 1 atom stereocenters. The zero-order valence-corrected chi connectivity index (χ0v) is 22.2. The molecule has 0 saturated heterocycles. The van der Waals surface area contributed by atoms with Crippen molar-refractivity contribution in [3.8, 4) is 0 Å². The van der Waals surface area contributed by atoms with Gasteiger partial charge in [-0.15, -0.1) is 5.10 Å². The molecule has 0 aliphatic carbocycles. The maximum atomic E-state index is 12.7. The molecule has 1 unspecified atom stereocenters. The van der Waals surface area contributed by atoms with Crippen LogP contribution < -0.4 is 10.3 Å². The van der Waals surface area contributed by atoms with E-state index in [1.807, 2.05) is 50.2 Å². The van der Waals surface area contributed by atoms with Gasteiger partial charge in [0, 0.05) is 19.5 Å². The van der Waals surface area contributed by atoms with E-state index in [-0.39, 0.29) is 28.4 Å². The third kappa shape index (κ3) is 6.88. The summed E-state index contributed by atoms with van der Waals surface area (Å²) in [6.07, 6.45) is 3.05. The minimum atomic E-state index is -3.64. The van der Waals surface area contributed by atoms with E-state index in [2.05, 4.69) is 37.1 Å². The SMILES string of the molecule is CC(CCCc1ccccc1)n1nnc2c(=O)[nH]c(Cc3cccc(S(=O)(=O)NCCN(C)C)c3)nc21. The standard InChI is InChI=1S/C26H33N7O3S/c1-19(9-7-12-20-10-5-4-6-11-20)33-25-24(30-31-33)26(34)29-23(28-25)18-21-13-8-14-22(17-21)37(35,36)27-15-16-32(2)3/h4-6,8,10-11,13-14,17,19,27H,7,9,12,15-16,18H2,1-3H3,(H,28,29,34). The van der Waals surface area contributed by atoms with Crippen LogP contribution in [0.3, 0.4) is 0 Å². The van der Waals surface area contributed by atoms with Gasteiger partial charge >= 0.3 is 0 Å². The van der Waals surface area contributed by atoms with Crippen LogP contribution in [0.4, 0.5) is 0 Å². The van der Waals surface area contributed by atoms with Crippen molar-refractivity contribution in [1.82, 2.24) is 34.6 Å². The fourth-order valence-electron chi connectivity index (χ4n) is 4.14. The largest absolute Gasteiger partial charge is 0.308 e. The molecule has 11 heteroatoms. The first-order chi connectivity index (χ1) is 17.7. The second-order valence-electron chi connectivity index (χ2n) is 9.47. The molecule has 0 aliphatic rings. The minimum Gasteiger partial charge on any atom is -0.308 e. The summed E-state index contributed by atoms with van der Waals surface area (Å²) >= 11 is 0. The van der Waals surface area contributed by atoms with Crippen LogP contribution in [0.2, 0.25) is 0 Å². The van der Waals surface area contributed by atoms with Crippen molar-refractivity contribution in [3.63, 3.8) is 0 Å². The molecule has 0 amide bonds. The number of likely N-dealkylation sites (N-methyl/N-ethyl adjacent to an activating group) is 1.